The van der Waals surface area contributed by atoms with Crippen molar-refractivity contribution in [2.45, 2.75) is 6.18 Å². The van der Waals surface area contributed by atoms with Gasteiger partial charge in [0, 0.05) is 11.3 Å². The Balaban J connectivity index is 1.51. The second kappa shape index (κ2) is 9.59. The number of anilines is 1. The number of aromatic nitrogens is 3. The summed E-state index contributed by atoms with van der Waals surface area (Å²) in [5.74, 6) is -0.315. The summed E-state index contributed by atoms with van der Waals surface area (Å²) < 4.78 is 47.6. The van der Waals surface area contributed by atoms with Crippen LogP contribution in [0.1, 0.15) is 16.2 Å². The lowest BCUT2D eigenvalue weighted by Crippen LogP contribution is -2.15. The Labute approximate surface area is 214 Å². The minimum atomic E-state index is -4.79. The van der Waals surface area contributed by atoms with Crippen molar-refractivity contribution < 1.29 is 22.7 Å². The molecule has 0 radical (unpaired) electrons. The Hall–Kier alpha value is -4.37. The molecular weight excluding hydrogens is 505 g/mol. The van der Waals surface area contributed by atoms with E-state index in [4.69, 9.17) is 16.3 Å². The van der Waals surface area contributed by atoms with Crippen molar-refractivity contribution in [3.05, 3.63) is 101 Å². The predicted octanol–water partition coefficient (Wildman–Crippen LogP) is 7.00. The number of carbonyl (C=O) groups is 1. The number of benzene rings is 3. The molecule has 0 spiro atoms. The van der Waals surface area contributed by atoms with E-state index in [1.54, 1.807) is 36.4 Å². The lowest BCUT2D eigenvalue weighted by atomic mass is 10.1. The van der Waals surface area contributed by atoms with Gasteiger partial charge in [0.15, 0.2) is 17.0 Å². The fourth-order valence-electron chi connectivity index (χ4n) is 3.84. The van der Waals surface area contributed by atoms with Gasteiger partial charge < -0.3 is 10.1 Å². The molecule has 0 aliphatic heterocycles. The zero-order valence-corrected chi connectivity index (χ0v) is 20.0. The van der Waals surface area contributed by atoms with E-state index in [2.05, 4.69) is 15.4 Å². The summed E-state index contributed by atoms with van der Waals surface area (Å²) >= 11 is 6.36. The number of ether oxygens (including phenoxy) is 1. The molecule has 0 atom stereocenters. The average Bonchev–Trinajstić information content (AvgIpc) is 3.25. The smallest absolute Gasteiger partial charge is 0.433 e. The van der Waals surface area contributed by atoms with Crippen LogP contribution in [0.25, 0.3) is 28.0 Å². The van der Waals surface area contributed by atoms with Crippen LogP contribution in [0.2, 0.25) is 5.02 Å². The van der Waals surface area contributed by atoms with Crippen molar-refractivity contribution in [1.82, 2.24) is 14.6 Å². The van der Waals surface area contributed by atoms with E-state index in [-0.39, 0.29) is 22.1 Å². The number of amides is 1. The molecule has 186 valence electrons. The number of halogens is 4. The molecule has 6 nitrogen and oxygen atoms in total. The van der Waals surface area contributed by atoms with Crippen LogP contribution in [-0.2, 0) is 6.18 Å². The Bertz CT molecular complexity index is 1600. The molecule has 1 N–H and O–H groups in total. The van der Waals surface area contributed by atoms with Gasteiger partial charge in [-0.25, -0.2) is 9.50 Å². The van der Waals surface area contributed by atoms with E-state index in [1.165, 1.54) is 7.11 Å². The van der Waals surface area contributed by atoms with E-state index >= 15 is 0 Å². The second-order valence-electron chi connectivity index (χ2n) is 8.05. The van der Waals surface area contributed by atoms with Gasteiger partial charge in [-0.15, -0.1) is 0 Å². The third kappa shape index (κ3) is 4.85. The third-order valence-electron chi connectivity index (χ3n) is 5.65. The Morgan fingerprint density at radius 2 is 1.59 bits per heavy atom. The number of fused-ring (bicyclic) bond motifs is 1. The Morgan fingerprint density at radius 1 is 0.919 bits per heavy atom. The maximum Gasteiger partial charge on any atom is 0.433 e. The van der Waals surface area contributed by atoms with Gasteiger partial charge in [-0.3, -0.25) is 4.79 Å². The first kappa shape index (κ1) is 24.3. The second-order valence-corrected chi connectivity index (χ2v) is 8.43. The van der Waals surface area contributed by atoms with Gasteiger partial charge in [0.1, 0.15) is 10.8 Å². The minimum absolute atomic E-state index is 0.00369. The van der Waals surface area contributed by atoms with Gasteiger partial charge in [-0.2, -0.15) is 18.3 Å². The maximum atomic E-state index is 14.0. The number of hydrogen-bond donors (Lipinski definition) is 1. The summed E-state index contributed by atoms with van der Waals surface area (Å²) in [6.07, 6.45) is -4.79. The highest BCUT2D eigenvalue weighted by molar-refractivity contribution is 6.37. The number of methoxy groups -OCH3 is 1. The van der Waals surface area contributed by atoms with E-state index < -0.39 is 17.8 Å². The van der Waals surface area contributed by atoms with Crippen LogP contribution < -0.4 is 10.1 Å². The van der Waals surface area contributed by atoms with Crippen molar-refractivity contribution >= 4 is 28.8 Å². The molecule has 0 fully saturated rings. The van der Waals surface area contributed by atoms with Crippen molar-refractivity contribution in [2.24, 2.45) is 0 Å². The van der Waals surface area contributed by atoms with Crippen LogP contribution in [0.3, 0.4) is 0 Å². The number of alkyl halides is 3. The molecule has 10 heteroatoms. The van der Waals surface area contributed by atoms with Crippen LogP contribution in [0, 0.1) is 0 Å². The summed E-state index contributed by atoms with van der Waals surface area (Å²) in [6.45, 7) is 0. The molecule has 0 aliphatic rings. The van der Waals surface area contributed by atoms with E-state index in [0.29, 0.717) is 21.5 Å². The number of rotatable bonds is 5. The average molecular weight is 523 g/mol. The summed E-state index contributed by atoms with van der Waals surface area (Å²) in [7, 11) is 1.45. The van der Waals surface area contributed by atoms with Crippen LogP contribution in [0.4, 0.5) is 18.9 Å². The minimum Gasteiger partial charge on any atom is -0.497 e. The molecule has 5 rings (SSSR count). The van der Waals surface area contributed by atoms with Crippen LogP contribution in [0.15, 0.2) is 84.9 Å². The monoisotopic (exact) mass is 522 g/mol. The lowest BCUT2D eigenvalue weighted by Gasteiger charge is -2.11. The van der Waals surface area contributed by atoms with Gasteiger partial charge >= 0.3 is 6.18 Å². The zero-order chi connectivity index (χ0) is 26.2. The Morgan fingerprint density at radius 3 is 2.27 bits per heavy atom. The number of nitrogens with one attached hydrogen (secondary N) is 1. The molecule has 0 unspecified atom stereocenters. The molecule has 5 aromatic rings. The van der Waals surface area contributed by atoms with E-state index in [9.17, 15) is 18.0 Å². The molecule has 0 saturated carbocycles. The van der Waals surface area contributed by atoms with Gasteiger partial charge in [0.25, 0.3) is 5.91 Å². The standard InChI is InChI=1S/C27H18ClF3N4O2/c1-37-20-9-5-8-18(14-20)21-15-22(27(29,30)31)35-25(33-21)23(28)24(34-35)26(36)32-19-12-10-17(11-13-19)16-6-3-2-4-7-16/h2-15H,1H3,(H,32,36). The van der Waals surface area contributed by atoms with Crippen molar-refractivity contribution in [3.63, 3.8) is 0 Å². The van der Waals surface area contributed by atoms with Crippen molar-refractivity contribution in [1.29, 1.82) is 0 Å². The molecular formula is C27H18ClF3N4O2. The quantitative estimate of drug-likeness (QED) is 0.270. The predicted molar refractivity (Wildman–Crippen MR) is 135 cm³/mol. The Kier molecular flexibility index (Phi) is 6.31. The maximum absolute atomic E-state index is 14.0. The highest BCUT2D eigenvalue weighted by Crippen LogP contribution is 2.35. The topological polar surface area (TPSA) is 68.5 Å². The largest absolute Gasteiger partial charge is 0.497 e. The van der Waals surface area contributed by atoms with Crippen LogP contribution in [0.5, 0.6) is 5.75 Å². The van der Waals surface area contributed by atoms with E-state index in [0.717, 1.165) is 17.2 Å². The molecule has 0 saturated heterocycles. The SMILES string of the molecule is COc1cccc(-c2cc(C(F)(F)F)n3nc(C(=O)Nc4ccc(-c5ccccc5)cc4)c(Cl)c3n2)c1. The number of hydrogen-bond acceptors (Lipinski definition) is 4. The first-order valence-corrected chi connectivity index (χ1v) is 11.4. The number of carbonyl (C=O) groups excluding carboxylic acids is 1. The third-order valence-corrected chi connectivity index (χ3v) is 6.00. The van der Waals surface area contributed by atoms with Crippen molar-refractivity contribution in [3.8, 4) is 28.1 Å². The van der Waals surface area contributed by atoms with Gasteiger partial charge in [0.2, 0.25) is 0 Å². The normalized spacial score (nSPS) is 11.5. The summed E-state index contributed by atoms with van der Waals surface area (Å²) in [4.78, 5) is 17.2. The molecule has 0 aliphatic carbocycles. The fourth-order valence-corrected chi connectivity index (χ4v) is 4.08. The zero-order valence-electron chi connectivity index (χ0n) is 19.3. The molecule has 2 aromatic heterocycles. The molecule has 2 heterocycles. The van der Waals surface area contributed by atoms with Gasteiger partial charge in [-0.05, 0) is 41.5 Å². The van der Waals surface area contributed by atoms with E-state index in [1.807, 2.05) is 42.5 Å². The highest BCUT2D eigenvalue weighted by atomic mass is 35.5. The first-order valence-electron chi connectivity index (χ1n) is 11.0. The lowest BCUT2D eigenvalue weighted by molar-refractivity contribution is -0.142. The summed E-state index contributed by atoms with van der Waals surface area (Å²) in [6, 6.07) is 24.0. The summed E-state index contributed by atoms with van der Waals surface area (Å²) in [5.41, 5.74) is 0.962. The number of nitrogens with zero attached hydrogens (tertiary/aromatic N) is 3. The van der Waals surface area contributed by atoms with Crippen LogP contribution in [-0.4, -0.2) is 27.6 Å². The molecule has 37 heavy (non-hydrogen) atoms. The highest BCUT2D eigenvalue weighted by Gasteiger charge is 2.36. The first-order chi connectivity index (χ1) is 17.7. The molecule has 0 bridgehead atoms. The van der Waals surface area contributed by atoms with Crippen molar-refractivity contribution in [2.75, 3.05) is 12.4 Å². The fraction of sp³-hybridized carbons (Fsp3) is 0.0741. The van der Waals surface area contributed by atoms with Gasteiger partial charge in [0.05, 0.1) is 12.8 Å². The van der Waals surface area contributed by atoms with Gasteiger partial charge in [-0.1, -0.05) is 66.2 Å². The molecule has 1 amide bonds. The van der Waals surface area contributed by atoms with Crippen LogP contribution >= 0.6 is 11.6 Å². The molecule has 3 aromatic carbocycles. The summed E-state index contributed by atoms with van der Waals surface area (Å²) in [5, 5.41) is 6.21.